The maximum absolute atomic E-state index is 6.25. The Morgan fingerprint density at radius 1 is 1.35 bits per heavy atom. The van der Waals surface area contributed by atoms with Gasteiger partial charge in [-0.25, -0.2) is 0 Å². The first-order valence-corrected chi connectivity index (χ1v) is 7.83. The van der Waals surface area contributed by atoms with Crippen molar-refractivity contribution in [1.82, 2.24) is 5.16 Å². The molecule has 0 radical (unpaired) electrons. The summed E-state index contributed by atoms with van der Waals surface area (Å²) in [6, 6.07) is 9.56. The van der Waals surface area contributed by atoms with Crippen molar-refractivity contribution < 1.29 is 4.52 Å². The summed E-state index contributed by atoms with van der Waals surface area (Å²) >= 11 is 11.4. The lowest BCUT2D eigenvalue weighted by molar-refractivity contribution is 0.439. The zero-order valence-electron chi connectivity index (χ0n) is 10.5. The predicted molar refractivity (Wildman–Crippen MR) is 87.1 cm³/mol. The maximum Gasteiger partial charge on any atom is 0.230 e. The largest absolute Gasteiger partial charge is 0.367 e. The van der Waals surface area contributed by atoms with Crippen LogP contribution in [-0.4, -0.2) is 5.16 Å². The van der Waals surface area contributed by atoms with E-state index < -0.39 is 0 Å². The van der Waals surface area contributed by atoms with Crippen molar-refractivity contribution in [2.45, 2.75) is 6.92 Å². The molecule has 0 aliphatic rings. The molecule has 3 nitrogen and oxygen atoms in total. The highest BCUT2D eigenvalue weighted by atomic mass is 79.9. The molecule has 0 atom stereocenters. The summed E-state index contributed by atoms with van der Waals surface area (Å²) in [6.45, 7) is 2.03. The van der Waals surface area contributed by atoms with Gasteiger partial charge in [0.15, 0.2) is 0 Å². The predicted octanol–water partition coefficient (Wildman–Crippen LogP) is 5.38. The van der Waals surface area contributed by atoms with E-state index in [0.717, 1.165) is 31.0 Å². The van der Waals surface area contributed by atoms with Crippen LogP contribution < -0.4 is 5.73 Å². The normalized spacial score (nSPS) is 10.9. The van der Waals surface area contributed by atoms with Crippen molar-refractivity contribution >= 4 is 44.8 Å². The van der Waals surface area contributed by atoms with Gasteiger partial charge >= 0.3 is 0 Å². The van der Waals surface area contributed by atoms with Gasteiger partial charge in [0.1, 0.15) is 5.69 Å². The van der Waals surface area contributed by atoms with E-state index in [1.165, 1.54) is 0 Å². The SMILES string of the molecule is Cc1cc(-c2noc(N)c2-c2ccccc2Cl)sc1Br. The van der Waals surface area contributed by atoms with E-state index >= 15 is 0 Å². The molecule has 2 aromatic heterocycles. The number of halogens is 2. The molecule has 0 fully saturated rings. The quantitative estimate of drug-likeness (QED) is 0.660. The minimum absolute atomic E-state index is 0.273. The summed E-state index contributed by atoms with van der Waals surface area (Å²) in [5.74, 6) is 0.273. The zero-order chi connectivity index (χ0) is 14.3. The standard InChI is InChI=1S/C14H10BrClN2OS/c1-7-6-10(20-13(7)15)12-11(14(17)19-18-12)8-4-2-3-5-9(8)16/h2-6H,17H2,1H3. The summed E-state index contributed by atoms with van der Waals surface area (Å²) in [5, 5.41) is 4.71. The number of thiophene rings is 1. The van der Waals surface area contributed by atoms with Crippen LogP contribution in [0.15, 0.2) is 38.6 Å². The Kier molecular flexibility index (Phi) is 3.58. The lowest BCUT2D eigenvalue weighted by Gasteiger charge is -2.03. The van der Waals surface area contributed by atoms with Crippen molar-refractivity contribution in [1.29, 1.82) is 0 Å². The Labute approximate surface area is 133 Å². The molecule has 0 aliphatic heterocycles. The molecule has 102 valence electrons. The fraction of sp³-hybridized carbons (Fsp3) is 0.0714. The van der Waals surface area contributed by atoms with Gasteiger partial charge in [-0.3, -0.25) is 0 Å². The highest BCUT2D eigenvalue weighted by Crippen LogP contribution is 2.43. The second-order valence-corrected chi connectivity index (χ2v) is 7.09. The molecule has 0 bridgehead atoms. The average molecular weight is 370 g/mol. The van der Waals surface area contributed by atoms with Gasteiger partial charge in [-0.2, -0.15) is 0 Å². The number of aromatic nitrogens is 1. The molecule has 6 heteroatoms. The number of hydrogen-bond donors (Lipinski definition) is 1. The summed E-state index contributed by atoms with van der Waals surface area (Å²) in [4.78, 5) is 0.991. The van der Waals surface area contributed by atoms with E-state index in [-0.39, 0.29) is 5.88 Å². The van der Waals surface area contributed by atoms with Crippen LogP contribution in [0.3, 0.4) is 0 Å². The molecule has 20 heavy (non-hydrogen) atoms. The minimum Gasteiger partial charge on any atom is -0.367 e. The number of rotatable bonds is 2. The van der Waals surface area contributed by atoms with Gasteiger partial charge in [-0.05, 0) is 40.5 Å². The molecular formula is C14H10BrClN2OS. The topological polar surface area (TPSA) is 52.0 Å². The minimum atomic E-state index is 0.273. The van der Waals surface area contributed by atoms with Crippen molar-refractivity contribution in [3.05, 3.63) is 44.7 Å². The molecule has 3 aromatic rings. The number of anilines is 1. The van der Waals surface area contributed by atoms with Crippen molar-refractivity contribution in [2.75, 3.05) is 5.73 Å². The van der Waals surface area contributed by atoms with Crippen molar-refractivity contribution in [2.24, 2.45) is 0 Å². The highest BCUT2D eigenvalue weighted by Gasteiger charge is 2.21. The number of nitrogens with two attached hydrogens (primary N) is 1. The Balaban J connectivity index is 2.23. The Bertz CT molecular complexity index is 762. The molecule has 0 unspecified atom stereocenters. The summed E-state index contributed by atoms with van der Waals surface area (Å²) in [5.41, 5.74) is 9.36. The van der Waals surface area contributed by atoms with Gasteiger partial charge in [0.05, 0.1) is 14.2 Å². The summed E-state index contributed by atoms with van der Waals surface area (Å²) in [7, 11) is 0. The first-order chi connectivity index (χ1) is 9.58. The Morgan fingerprint density at radius 3 is 2.75 bits per heavy atom. The van der Waals surface area contributed by atoms with Gasteiger partial charge in [0, 0.05) is 10.6 Å². The van der Waals surface area contributed by atoms with Crippen LogP contribution >= 0.6 is 38.9 Å². The van der Waals surface area contributed by atoms with E-state index in [9.17, 15) is 0 Å². The Morgan fingerprint density at radius 2 is 2.10 bits per heavy atom. The number of benzene rings is 1. The van der Waals surface area contributed by atoms with Crippen LogP contribution in [0.25, 0.3) is 21.7 Å². The van der Waals surface area contributed by atoms with Gasteiger partial charge < -0.3 is 10.3 Å². The molecule has 0 saturated heterocycles. The van der Waals surface area contributed by atoms with Crippen LogP contribution in [0.4, 0.5) is 5.88 Å². The summed E-state index contributed by atoms with van der Waals surface area (Å²) < 4.78 is 6.24. The van der Waals surface area contributed by atoms with E-state index in [1.54, 1.807) is 11.3 Å². The molecule has 0 amide bonds. The third kappa shape index (κ3) is 2.26. The van der Waals surface area contributed by atoms with E-state index in [4.69, 9.17) is 21.9 Å². The molecule has 2 N–H and O–H groups in total. The van der Waals surface area contributed by atoms with Crippen molar-refractivity contribution in [3.63, 3.8) is 0 Å². The van der Waals surface area contributed by atoms with E-state index in [0.29, 0.717) is 5.02 Å². The average Bonchev–Trinajstić information content (AvgIpc) is 2.94. The van der Waals surface area contributed by atoms with E-state index in [2.05, 4.69) is 21.1 Å². The third-order valence-corrected chi connectivity index (χ3v) is 5.43. The van der Waals surface area contributed by atoms with Gasteiger partial charge in [-0.15, -0.1) is 11.3 Å². The second kappa shape index (κ2) is 5.24. The molecule has 0 spiro atoms. The van der Waals surface area contributed by atoms with Crippen molar-refractivity contribution in [3.8, 4) is 21.7 Å². The first-order valence-electron chi connectivity index (χ1n) is 5.84. The van der Waals surface area contributed by atoms with Crippen LogP contribution in [0.5, 0.6) is 0 Å². The zero-order valence-corrected chi connectivity index (χ0v) is 13.6. The van der Waals surface area contributed by atoms with Crippen LogP contribution in [0.1, 0.15) is 5.56 Å². The molecule has 0 aliphatic carbocycles. The smallest absolute Gasteiger partial charge is 0.230 e. The first kappa shape index (κ1) is 13.7. The van der Waals surface area contributed by atoms with Crippen LogP contribution in [0, 0.1) is 6.92 Å². The lowest BCUT2D eigenvalue weighted by Crippen LogP contribution is -1.87. The number of nitrogens with zero attached hydrogens (tertiary/aromatic N) is 1. The lowest BCUT2D eigenvalue weighted by atomic mass is 10.0. The molecular weight excluding hydrogens is 360 g/mol. The van der Waals surface area contributed by atoms with E-state index in [1.807, 2.05) is 37.3 Å². The molecule has 0 saturated carbocycles. The second-order valence-electron chi connectivity index (χ2n) is 4.32. The van der Waals surface area contributed by atoms with Gasteiger partial charge in [-0.1, -0.05) is 35.0 Å². The fourth-order valence-electron chi connectivity index (χ4n) is 1.97. The third-order valence-electron chi connectivity index (χ3n) is 2.95. The fourth-order valence-corrected chi connectivity index (χ4v) is 3.72. The molecule has 1 aromatic carbocycles. The monoisotopic (exact) mass is 368 g/mol. The highest BCUT2D eigenvalue weighted by molar-refractivity contribution is 9.11. The molecule has 2 heterocycles. The van der Waals surface area contributed by atoms with Gasteiger partial charge in [0.2, 0.25) is 5.88 Å². The number of aryl methyl sites for hydroxylation is 1. The summed E-state index contributed by atoms with van der Waals surface area (Å²) in [6.07, 6.45) is 0. The van der Waals surface area contributed by atoms with Gasteiger partial charge in [0.25, 0.3) is 0 Å². The van der Waals surface area contributed by atoms with Crippen LogP contribution in [-0.2, 0) is 0 Å². The number of nitrogen functional groups attached to an aromatic ring is 1. The maximum atomic E-state index is 6.25. The van der Waals surface area contributed by atoms with Crippen LogP contribution in [0.2, 0.25) is 5.02 Å². The number of hydrogen-bond acceptors (Lipinski definition) is 4. The Hall–Kier alpha value is -1.30. The molecule has 3 rings (SSSR count).